The molecular formula is C11H19N3O2S. The zero-order valence-corrected chi connectivity index (χ0v) is 11.2. The van der Waals surface area contributed by atoms with Gasteiger partial charge in [0.1, 0.15) is 0 Å². The molecule has 0 bridgehead atoms. The summed E-state index contributed by atoms with van der Waals surface area (Å²) in [7, 11) is -3.30. The summed E-state index contributed by atoms with van der Waals surface area (Å²) in [5.74, 6) is 0.0547. The fourth-order valence-corrected chi connectivity index (χ4v) is 2.28. The first-order valence-electron chi connectivity index (χ1n) is 5.54. The van der Waals surface area contributed by atoms with Gasteiger partial charge in [-0.3, -0.25) is 9.71 Å². The summed E-state index contributed by atoms with van der Waals surface area (Å²) in [6.07, 6.45) is 3.18. The minimum atomic E-state index is -3.30. The van der Waals surface area contributed by atoms with E-state index in [1.54, 1.807) is 12.3 Å². The molecule has 0 aliphatic carbocycles. The van der Waals surface area contributed by atoms with Gasteiger partial charge in [-0.2, -0.15) is 0 Å². The van der Waals surface area contributed by atoms with Crippen molar-refractivity contribution >= 4 is 15.7 Å². The van der Waals surface area contributed by atoms with Crippen LogP contribution in [0.25, 0.3) is 0 Å². The molecule has 0 aliphatic heterocycles. The largest absolute Gasteiger partial charge is 0.313 e. The van der Waals surface area contributed by atoms with E-state index < -0.39 is 10.0 Å². The first-order chi connectivity index (χ1) is 7.89. The first-order valence-corrected chi connectivity index (χ1v) is 7.20. The van der Waals surface area contributed by atoms with Crippen molar-refractivity contribution < 1.29 is 8.42 Å². The Hall–Kier alpha value is -1.14. The summed E-state index contributed by atoms with van der Waals surface area (Å²) in [5, 5.41) is 3.06. The summed E-state index contributed by atoms with van der Waals surface area (Å²) in [6, 6.07) is 2.03. The standard InChI is InChI=1S/C11H19N3O2S/c1-9(2)13-4-5-17(15,16)14-11-6-10(3)7-12-8-11/h6-9,13-14H,4-5H2,1-3H3. The van der Waals surface area contributed by atoms with Crippen molar-refractivity contribution in [1.82, 2.24) is 10.3 Å². The molecule has 0 aromatic carbocycles. The molecule has 0 radical (unpaired) electrons. The molecule has 0 spiro atoms. The number of nitrogens with zero attached hydrogens (tertiary/aromatic N) is 1. The van der Waals surface area contributed by atoms with Gasteiger partial charge < -0.3 is 5.32 Å². The first kappa shape index (κ1) is 13.9. The van der Waals surface area contributed by atoms with Crippen LogP contribution in [-0.4, -0.2) is 31.7 Å². The second-order valence-electron chi connectivity index (χ2n) is 4.28. The summed E-state index contributed by atoms with van der Waals surface area (Å²) in [4.78, 5) is 3.93. The fraction of sp³-hybridized carbons (Fsp3) is 0.545. The summed E-state index contributed by atoms with van der Waals surface area (Å²) < 4.78 is 25.9. The van der Waals surface area contributed by atoms with Crippen LogP contribution in [-0.2, 0) is 10.0 Å². The van der Waals surface area contributed by atoms with Crippen LogP contribution in [0.4, 0.5) is 5.69 Å². The van der Waals surface area contributed by atoms with Crippen molar-refractivity contribution in [2.75, 3.05) is 17.0 Å². The molecule has 0 fully saturated rings. The molecule has 0 unspecified atom stereocenters. The molecule has 1 aromatic rings. The lowest BCUT2D eigenvalue weighted by Gasteiger charge is -2.10. The molecule has 6 heteroatoms. The van der Waals surface area contributed by atoms with Crippen LogP contribution in [0.15, 0.2) is 18.5 Å². The molecule has 0 aliphatic rings. The molecule has 1 heterocycles. The monoisotopic (exact) mass is 257 g/mol. The second kappa shape index (κ2) is 5.97. The number of rotatable bonds is 6. The van der Waals surface area contributed by atoms with E-state index in [0.717, 1.165) is 5.56 Å². The predicted octanol–water partition coefficient (Wildman–Crippen LogP) is 1.13. The Morgan fingerprint density at radius 2 is 2.06 bits per heavy atom. The third kappa shape index (κ3) is 5.65. The van der Waals surface area contributed by atoms with Gasteiger partial charge in [-0.15, -0.1) is 0 Å². The third-order valence-electron chi connectivity index (χ3n) is 2.07. The van der Waals surface area contributed by atoms with Crippen LogP contribution >= 0.6 is 0 Å². The van der Waals surface area contributed by atoms with Crippen LogP contribution in [0.1, 0.15) is 19.4 Å². The number of pyridine rings is 1. The highest BCUT2D eigenvalue weighted by Crippen LogP contribution is 2.09. The number of aryl methyl sites for hydroxylation is 1. The van der Waals surface area contributed by atoms with Gasteiger partial charge in [0.25, 0.3) is 0 Å². The Morgan fingerprint density at radius 1 is 1.35 bits per heavy atom. The van der Waals surface area contributed by atoms with Crippen molar-refractivity contribution in [3.63, 3.8) is 0 Å². The van der Waals surface area contributed by atoms with E-state index in [9.17, 15) is 8.42 Å². The van der Waals surface area contributed by atoms with Gasteiger partial charge in [0.05, 0.1) is 17.6 Å². The van der Waals surface area contributed by atoms with Crippen LogP contribution in [0.2, 0.25) is 0 Å². The van der Waals surface area contributed by atoms with Crippen LogP contribution < -0.4 is 10.0 Å². The number of hydrogen-bond acceptors (Lipinski definition) is 4. The maximum atomic E-state index is 11.7. The number of anilines is 1. The Morgan fingerprint density at radius 3 is 2.65 bits per heavy atom. The number of aromatic nitrogens is 1. The lowest BCUT2D eigenvalue weighted by molar-refractivity contribution is 0.582. The van der Waals surface area contributed by atoms with E-state index in [1.807, 2.05) is 20.8 Å². The van der Waals surface area contributed by atoms with Gasteiger partial charge in [-0.1, -0.05) is 13.8 Å². The third-order valence-corrected chi connectivity index (χ3v) is 3.36. The van der Waals surface area contributed by atoms with Gasteiger partial charge >= 0.3 is 0 Å². The van der Waals surface area contributed by atoms with Crippen LogP contribution in [0.3, 0.4) is 0 Å². The molecule has 0 saturated heterocycles. The predicted molar refractivity (Wildman–Crippen MR) is 69.5 cm³/mol. The lowest BCUT2D eigenvalue weighted by atomic mass is 10.3. The van der Waals surface area contributed by atoms with Crippen molar-refractivity contribution in [1.29, 1.82) is 0 Å². The normalized spacial score (nSPS) is 11.8. The Bertz CT molecular complexity index is 458. The fourth-order valence-electron chi connectivity index (χ4n) is 1.32. The second-order valence-corrected chi connectivity index (χ2v) is 6.12. The molecule has 96 valence electrons. The van der Waals surface area contributed by atoms with E-state index >= 15 is 0 Å². The number of nitrogens with one attached hydrogen (secondary N) is 2. The van der Waals surface area contributed by atoms with Crippen molar-refractivity contribution in [2.24, 2.45) is 0 Å². The van der Waals surface area contributed by atoms with Gasteiger partial charge in [-0.05, 0) is 18.6 Å². The van der Waals surface area contributed by atoms with Crippen molar-refractivity contribution in [3.8, 4) is 0 Å². The average Bonchev–Trinajstić information content (AvgIpc) is 2.15. The van der Waals surface area contributed by atoms with Crippen molar-refractivity contribution in [3.05, 3.63) is 24.0 Å². The van der Waals surface area contributed by atoms with Gasteiger partial charge in [-0.25, -0.2) is 8.42 Å². The molecule has 1 rings (SSSR count). The highest BCUT2D eigenvalue weighted by atomic mass is 32.2. The van der Waals surface area contributed by atoms with E-state index in [4.69, 9.17) is 0 Å². The Labute approximate surface area is 103 Å². The van der Waals surface area contributed by atoms with Gasteiger partial charge in [0.15, 0.2) is 0 Å². The molecule has 2 N–H and O–H groups in total. The summed E-state index contributed by atoms with van der Waals surface area (Å²) in [5.41, 5.74) is 1.43. The number of sulfonamides is 1. The maximum Gasteiger partial charge on any atom is 0.234 e. The Kier molecular flexibility index (Phi) is 4.89. The van der Waals surface area contributed by atoms with Gasteiger partial charge in [0, 0.05) is 18.8 Å². The number of hydrogen-bond donors (Lipinski definition) is 2. The quantitative estimate of drug-likeness (QED) is 0.801. The smallest absolute Gasteiger partial charge is 0.234 e. The Balaban J connectivity index is 2.55. The van der Waals surface area contributed by atoms with E-state index in [1.165, 1.54) is 6.20 Å². The van der Waals surface area contributed by atoms with Crippen LogP contribution in [0.5, 0.6) is 0 Å². The highest BCUT2D eigenvalue weighted by Gasteiger charge is 2.10. The zero-order valence-electron chi connectivity index (χ0n) is 10.4. The molecule has 17 heavy (non-hydrogen) atoms. The minimum Gasteiger partial charge on any atom is -0.313 e. The topological polar surface area (TPSA) is 71.1 Å². The summed E-state index contributed by atoms with van der Waals surface area (Å²) >= 11 is 0. The van der Waals surface area contributed by atoms with E-state index in [0.29, 0.717) is 12.2 Å². The molecule has 5 nitrogen and oxygen atoms in total. The molecule has 0 atom stereocenters. The van der Waals surface area contributed by atoms with E-state index in [-0.39, 0.29) is 11.8 Å². The molecule has 1 aromatic heterocycles. The minimum absolute atomic E-state index is 0.0547. The average molecular weight is 257 g/mol. The van der Waals surface area contributed by atoms with E-state index in [2.05, 4.69) is 15.0 Å². The van der Waals surface area contributed by atoms with Crippen LogP contribution in [0, 0.1) is 6.92 Å². The maximum absolute atomic E-state index is 11.7. The van der Waals surface area contributed by atoms with Gasteiger partial charge in [0.2, 0.25) is 10.0 Å². The summed E-state index contributed by atoms with van der Waals surface area (Å²) in [6.45, 7) is 6.26. The SMILES string of the molecule is Cc1cncc(NS(=O)(=O)CCNC(C)C)c1. The highest BCUT2D eigenvalue weighted by molar-refractivity contribution is 7.92. The lowest BCUT2D eigenvalue weighted by Crippen LogP contribution is -2.30. The van der Waals surface area contributed by atoms with Crippen molar-refractivity contribution in [2.45, 2.75) is 26.8 Å². The molecule has 0 saturated carbocycles. The molecular weight excluding hydrogens is 238 g/mol. The molecule has 0 amide bonds. The zero-order chi connectivity index (χ0) is 12.9.